The number of aromatic amines is 2. The molecule has 0 saturated heterocycles. The normalized spacial score (nSPS) is 13.8. The van der Waals surface area contributed by atoms with Crippen molar-refractivity contribution in [2.75, 3.05) is 13.1 Å². The number of nitrogens with one attached hydrogen (secondary N) is 6. The van der Waals surface area contributed by atoms with Gasteiger partial charge in [0.15, 0.2) is 5.96 Å². The van der Waals surface area contributed by atoms with E-state index in [1.165, 1.54) is 6.33 Å². The van der Waals surface area contributed by atoms with Gasteiger partial charge in [-0.25, -0.2) is 9.78 Å². The second-order valence-corrected chi connectivity index (χ2v) is 12.7. The molecule has 0 aliphatic carbocycles. The number of hydrogen-bond donors (Lipinski definition) is 11. The number of imidazole rings is 1. The maximum Gasteiger partial charge on any atom is 0.326 e. The number of amides is 4. The number of para-hydroxylation sites is 1. The van der Waals surface area contributed by atoms with Crippen molar-refractivity contribution in [1.82, 2.24) is 36.2 Å². The Balaban J connectivity index is 1.59. The van der Waals surface area contributed by atoms with Crippen molar-refractivity contribution in [3.63, 3.8) is 0 Å². The third-order valence-electron chi connectivity index (χ3n) is 8.63. The highest BCUT2D eigenvalue weighted by Gasteiger charge is 2.32. The minimum Gasteiger partial charge on any atom is -0.480 e. The Kier molecular flexibility index (Phi) is 15.1. The van der Waals surface area contributed by atoms with Crippen molar-refractivity contribution >= 4 is 46.5 Å². The summed E-state index contributed by atoms with van der Waals surface area (Å²) in [5.41, 5.74) is 25.6. The van der Waals surface area contributed by atoms with Crippen LogP contribution in [0, 0.1) is 0 Å². The quantitative estimate of drug-likeness (QED) is 0.0270. The molecule has 0 radical (unpaired) electrons. The van der Waals surface area contributed by atoms with Crippen molar-refractivity contribution in [1.29, 1.82) is 0 Å². The van der Waals surface area contributed by atoms with E-state index < -0.39 is 59.8 Å². The lowest BCUT2D eigenvalue weighted by Crippen LogP contribution is -2.59. The van der Waals surface area contributed by atoms with Crippen LogP contribution < -0.4 is 44.2 Å². The van der Waals surface area contributed by atoms with Crippen LogP contribution in [0.1, 0.15) is 36.1 Å². The lowest BCUT2D eigenvalue weighted by Gasteiger charge is -2.26. The zero-order valence-electron chi connectivity index (χ0n) is 29.7. The maximum absolute atomic E-state index is 14.1. The van der Waals surface area contributed by atoms with E-state index in [9.17, 15) is 29.1 Å². The summed E-state index contributed by atoms with van der Waals surface area (Å²) in [4.78, 5) is 80.9. The third kappa shape index (κ3) is 12.2. The second kappa shape index (κ2) is 20.1. The molecule has 4 amide bonds. The summed E-state index contributed by atoms with van der Waals surface area (Å²) in [6.45, 7) is 0.128. The molecule has 4 rings (SSSR count). The molecular weight excluding hydrogens is 696 g/mol. The van der Waals surface area contributed by atoms with Crippen LogP contribution in [0.5, 0.6) is 0 Å². The molecule has 0 saturated carbocycles. The molecule has 4 aromatic rings. The second-order valence-electron chi connectivity index (χ2n) is 12.7. The molecule has 18 nitrogen and oxygen atoms in total. The van der Waals surface area contributed by atoms with Gasteiger partial charge in [-0.15, -0.1) is 0 Å². The minimum atomic E-state index is -1.30. The summed E-state index contributed by atoms with van der Waals surface area (Å²) >= 11 is 0. The molecule has 54 heavy (non-hydrogen) atoms. The monoisotopic (exact) mass is 744 g/mol. The number of carbonyl (C=O) groups is 5. The number of nitrogens with zero attached hydrogens (tertiary/aromatic N) is 2. The summed E-state index contributed by atoms with van der Waals surface area (Å²) < 4.78 is 0. The number of aromatic nitrogens is 3. The predicted molar refractivity (Wildman–Crippen MR) is 201 cm³/mol. The van der Waals surface area contributed by atoms with Gasteiger partial charge in [-0.1, -0.05) is 48.5 Å². The number of carboxylic acids is 1. The minimum absolute atomic E-state index is 0.00458. The van der Waals surface area contributed by atoms with Gasteiger partial charge >= 0.3 is 5.97 Å². The van der Waals surface area contributed by atoms with Gasteiger partial charge in [0.1, 0.15) is 24.2 Å². The van der Waals surface area contributed by atoms with E-state index in [-0.39, 0.29) is 57.6 Å². The molecule has 5 atom stereocenters. The first-order valence-electron chi connectivity index (χ1n) is 17.5. The fourth-order valence-corrected chi connectivity index (χ4v) is 5.81. The van der Waals surface area contributed by atoms with Crippen LogP contribution in [-0.2, 0) is 43.2 Å². The average molecular weight is 745 g/mol. The van der Waals surface area contributed by atoms with Crippen LogP contribution in [0.2, 0.25) is 0 Å². The Hall–Kier alpha value is -6.27. The Morgan fingerprint density at radius 3 is 2.06 bits per heavy atom. The summed E-state index contributed by atoms with van der Waals surface area (Å²) in [6, 6.07) is 10.4. The Bertz CT molecular complexity index is 1880. The Morgan fingerprint density at radius 2 is 1.39 bits per heavy atom. The molecule has 2 aromatic heterocycles. The first-order valence-corrected chi connectivity index (χ1v) is 17.5. The lowest BCUT2D eigenvalue weighted by molar-refractivity contribution is -0.142. The van der Waals surface area contributed by atoms with Crippen LogP contribution >= 0.6 is 0 Å². The summed E-state index contributed by atoms with van der Waals surface area (Å²) in [5.74, 6) is -4.23. The number of aliphatic carboxylic acids is 1. The number of benzene rings is 2. The Labute approximate surface area is 311 Å². The van der Waals surface area contributed by atoms with Crippen molar-refractivity contribution < 1.29 is 29.1 Å². The van der Waals surface area contributed by atoms with Gasteiger partial charge in [-0.05, 0) is 43.0 Å². The van der Waals surface area contributed by atoms with Crippen LogP contribution in [0.25, 0.3) is 10.9 Å². The van der Waals surface area contributed by atoms with E-state index in [1.807, 2.05) is 30.3 Å². The summed E-state index contributed by atoms with van der Waals surface area (Å²) in [5, 5.41) is 21.2. The van der Waals surface area contributed by atoms with Crippen LogP contribution in [0.4, 0.5) is 0 Å². The van der Waals surface area contributed by atoms with Crippen molar-refractivity contribution in [2.24, 2.45) is 27.9 Å². The fourth-order valence-electron chi connectivity index (χ4n) is 5.81. The number of carboxylic acid groups (broad SMARTS) is 1. The topological polar surface area (TPSA) is 315 Å². The van der Waals surface area contributed by atoms with Gasteiger partial charge in [-0.3, -0.25) is 24.2 Å². The highest BCUT2D eigenvalue weighted by Crippen LogP contribution is 2.19. The largest absolute Gasteiger partial charge is 0.480 e. The molecule has 0 unspecified atom stereocenters. The van der Waals surface area contributed by atoms with E-state index in [0.29, 0.717) is 11.3 Å². The number of nitrogens with two attached hydrogens (primary N) is 4. The standard InChI is InChI=1S/C36H48N12O6/c37-13-12-28(35(53)54)46-34(52)30(16-22-18-43-26-10-5-4-9-24(22)26)48-32(50)27(11-6-14-42-36(39)40)45-33(51)29(15-21-7-2-1-3-8-21)47-31(49)25(38)17-23-19-41-20-44-23/h1-5,7-10,18-20,25,27-30,43H,6,11-17,37-38H2,(H,41,44)(H,45,51)(H,46,52)(H,47,49)(H,48,50)(H,53,54)(H4,39,40,42)/t25-,27-,28-,29+,30-/m0/s1. The van der Waals surface area contributed by atoms with E-state index in [1.54, 1.807) is 36.7 Å². The van der Waals surface area contributed by atoms with E-state index in [2.05, 4.69) is 41.2 Å². The molecule has 288 valence electrons. The molecule has 0 spiro atoms. The Morgan fingerprint density at radius 1 is 0.759 bits per heavy atom. The number of H-pyrrole nitrogens is 2. The van der Waals surface area contributed by atoms with Gasteiger partial charge in [0.25, 0.3) is 0 Å². The molecular formula is C36H48N12O6. The van der Waals surface area contributed by atoms with Crippen molar-refractivity contribution in [3.05, 3.63) is 90.1 Å². The summed E-state index contributed by atoms with van der Waals surface area (Å²) in [6.07, 6.45) is 5.13. The van der Waals surface area contributed by atoms with E-state index >= 15 is 0 Å². The van der Waals surface area contributed by atoms with Crippen molar-refractivity contribution in [3.8, 4) is 0 Å². The first-order chi connectivity index (χ1) is 25.9. The highest BCUT2D eigenvalue weighted by atomic mass is 16.4. The number of guanidine groups is 1. The van der Waals surface area contributed by atoms with Gasteiger partial charge in [0.2, 0.25) is 23.6 Å². The fraction of sp³-hybridized carbons (Fsp3) is 0.361. The predicted octanol–water partition coefficient (Wildman–Crippen LogP) is -1.33. The molecule has 0 aliphatic rings. The first kappa shape index (κ1) is 40.5. The van der Waals surface area contributed by atoms with Crippen molar-refractivity contribution in [2.45, 2.75) is 68.7 Å². The molecule has 0 aliphatic heterocycles. The molecule has 0 fully saturated rings. The van der Waals surface area contributed by atoms with Gasteiger partial charge in [-0.2, -0.15) is 0 Å². The number of rotatable bonds is 21. The van der Waals surface area contributed by atoms with Gasteiger partial charge in [0.05, 0.1) is 12.4 Å². The van der Waals surface area contributed by atoms with Gasteiger partial charge in [0, 0.05) is 54.8 Å². The lowest BCUT2D eigenvalue weighted by atomic mass is 10.0. The zero-order chi connectivity index (χ0) is 39.0. The molecule has 15 N–H and O–H groups in total. The van der Waals surface area contributed by atoms with Crippen LogP contribution in [0.15, 0.2) is 78.3 Å². The van der Waals surface area contributed by atoms with Crippen LogP contribution in [-0.4, -0.2) is 98.9 Å². The molecule has 18 heteroatoms. The molecule has 2 aromatic carbocycles. The number of hydrogen-bond acceptors (Lipinski definition) is 9. The number of carbonyl (C=O) groups excluding carboxylic acids is 4. The number of aliphatic imine (C=N–C) groups is 1. The average Bonchev–Trinajstić information content (AvgIpc) is 3.82. The van der Waals surface area contributed by atoms with E-state index in [4.69, 9.17) is 22.9 Å². The SMILES string of the molecule is NCC[C@H](NC(=O)[C@H](Cc1c[nH]c2ccccc12)NC(=O)[C@H](CCCN=C(N)N)NC(=O)[C@@H](Cc1ccccc1)NC(=O)[C@@H](N)Cc1cnc[nH]1)C(=O)O. The van der Waals surface area contributed by atoms with Gasteiger partial charge < -0.3 is 59.3 Å². The molecule has 2 heterocycles. The number of fused-ring (bicyclic) bond motifs is 1. The smallest absolute Gasteiger partial charge is 0.326 e. The highest BCUT2D eigenvalue weighted by molar-refractivity contribution is 5.96. The van der Waals surface area contributed by atoms with E-state index in [0.717, 1.165) is 16.5 Å². The molecule has 0 bridgehead atoms. The van der Waals surface area contributed by atoms with Crippen LogP contribution in [0.3, 0.4) is 0 Å². The maximum atomic E-state index is 14.1. The summed E-state index contributed by atoms with van der Waals surface area (Å²) in [7, 11) is 0. The third-order valence-corrected chi connectivity index (χ3v) is 8.63. The zero-order valence-corrected chi connectivity index (χ0v) is 29.7.